The van der Waals surface area contributed by atoms with E-state index in [1.165, 1.54) is 30.7 Å². The Hall–Kier alpha value is -4.15. The summed E-state index contributed by atoms with van der Waals surface area (Å²) >= 11 is 14.8. The van der Waals surface area contributed by atoms with Crippen LogP contribution in [0.2, 0.25) is 0 Å². The molecule has 406 valence electrons. The van der Waals surface area contributed by atoms with Gasteiger partial charge in [-0.3, -0.25) is 24.6 Å². The van der Waals surface area contributed by atoms with E-state index in [1.54, 1.807) is 36.4 Å². The third kappa shape index (κ3) is 20.1. The van der Waals surface area contributed by atoms with E-state index in [0.29, 0.717) is 53.3 Å². The highest BCUT2D eigenvalue weighted by Gasteiger charge is 2.37. The van der Waals surface area contributed by atoms with Gasteiger partial charge in [-0.25, -0.2) is 9.40 Å². The summed E-state index contributed by atoms with van der Waals surface area (Å²) in [5.41, 5.74) is 9.93. The highest BCUT2D eigenvalue weighted by Crippen LogP contribution is 2.28. The predicted octanol–water partition coefficient (Wildman–Crippen LogP) is 10.2. The van der Waals surface area contributed by atoms with Crippen molar-refractivity contribution in [3.63, 3.8) is 0 Å². The maximum absolute atomic E-state index is 15.1. The van der Waals surface area contributed by atoms with Crippen LogP contribution in [0.3, 0.4) is 0 Å². The van der Waals surface area contributed by atoms with Gasteiger partial charge in [0.25, 0.3) is 17.1 Å². The first-order valence-electron chi connectivity index (χ1n) is 25.3. The number of ketones is 1. The van der Waals surface area contributed by atoms with Gasteiger partial charge in [0.1, 0.15) is 5.82 Å². The summed E-state index contributed by atoms with van der Waals surface area (Å²) in [6.07, 6.45) is 1.56. The third-order valence-electron chi connectivity index (χ3n) is 12.6. The van der Waals surface area contributed by atoms with Gasteiger partial charge in [-0.05, 0) is 130 Å². The molecule has 2 amide bonds. The maximum atomic E-state index is 15.1. The number of hydrogen-bond donors (Lipinski definition) is 4. The van der Waals surface area contributed by atoms with Gasteiger partial charge in [0, 0.05) is 28.2 Å². The second kappa shape index (κ2) is 31.2. The summed E-state index contributed by atoms with van der Waals surface area (Å²) in [5.74, 6) is -1.92. The molecule has 4 aromatic carbocycles. The fourth-order valence-electron chi connectivity index (χ4n) is 8.84. The standard InChI is InChI=1S/C24H30BFN2O4.C16H24BNO3.C9H9ClO.C6H15N.CH2Cl2/c1-7-19(24(4,5)6)28(23(30)17-11-14(2)10-15(3)12-17)27-22(29)18-9-8-16-13-32-25(31)20(16)21(18)26;1-5-15(16(2,3)4)18-9-14(19)11-6-7-12-10-21-17(20)13(12)8-11;1-6-3-7(2)5-8(4-6)9(10)11;1-4-7(5-2)6-3;2-1-3/h8-12,19,31H,7,13H2,1-6H3,(H,27,29);6-8,15,18,20H,5,9-10H2,1-4H3;3-5H,1-2H3;4-6H2,1-3H3;1H2. The van der Waals surface area contributed by atoms with Gasteiger partial charge >= 0.3 is 14.2 Å². The molecule has 12 nitrogen and oxygen atoms in total. The van der Waals surface area contributed by atoms with Crippen molar-refractivity contribution >= 4 is 82.8 Å². The lowest BCUT2D eigenvalue weighted by Crippen LogP contribution is -2.56. The van der Waals surface area contributed by atoms with E-state index in [2.05, 4.69) is 64.1 Å². The Bertz CT molecular complexity index is 2440. The topological polar surface area (TPSA) is 158 Å². The molecule has 0 bridgehead atoms. The lowest BCUT2D eigenvalue weighted by atomic mass is 9.78. The van der Waals surface area contributed by atoms with Crippen LogP contribution in [0, 0.1) is 44.3 Å². The normalized spacial score (nSPS) is 13.3. The highest BCUT2D eigenvalue weighted by molar-refractivity contribution is 6.67. The van der Waals surface area contributed by atoms with Gasteiger partial charge in [-0.2, -0.15) is 0 Å². The summed E-state index contributed by atoms with van der Waals surface area (Å²) < 4.78 is 25.3. The number of hydrogen-bond acceptors (Lipinski definition) is 10. The number of alkyl halides is 2. The zero-order valence-electron chi connectivity index (χ0n) is 46.3. The number of amides is 2. The number of hydrazine groups is 1. The summed E-state index contributed by atoms with van der Waals surface area (Å²) in [7, 11) is -2.32. The molecule has 18 heteroatoms. The molecule has 0 fully saturated rings. The minimum Gasteiger partial charge on any atom is -0.423 e. The fourth-order valence-corrected chi connectivity index (χ4v) is 8.95. The molecule has 2 unspecified atom stereocenters. The largest absolute Gasteiger partial charge is 0.494 e. The van der Waals surface area contributed by atoms with Crippen LogP contribution in [0.1, 0.15) is 164 Å². The number of aryl methyl sites for hydroxylation is 4. The third-order valence-corrected chi connectivity index (χ3v) is 12.9. The first-order chi connectivity index (χ1) is 34.6. The van der Waals surface area contributed by atoms with Crippen LogP contribution in [0.5, 0.6) is 0 Å². The molecule has 2 heterocycles. The fraction of sp³-hybridized carbons (Fsp3) is 0.500. The number of halogens is 4. The number of carbonyl (C=O) groups is 4. The smallest absolute Gasteiger partial charge is 0.423 e. The van der Waals surface area contributed by atoms with Crippen molar-refractivity contribution in [2.24, 2.45) is 10.8 Å². The number of nitrogens with one attached hydrogen (secondary N) is 2. The number of nitrogens with zero attached hydrogens (tertiary/aromatic N) is 2. The van der Waals surface area contributed by atoms with Gasteiger partial charge in [0.05, 0.1) is 36.7 Å². The summed E-state index contributed by atoms with van der Waals surface area (Å²) in [4.78, 5) is 52.1. The van der Waals surface area contributed by atoms with Crippen LogP contribution in [0.4, 0.5) is 4.39 Å². The molecule has 2 aliphatic rings. The van der Waals surface area contributed by atoms with E-state index < -0.39 is 31.2 Å². The Morgan fingerprint density at radius 3 is 1.62 bits per heavy atom. The molecule has 74 heavy (non-hydrogen) atoms. The lowest BCUT2D eigenvalue weighted by Gasteiger charge is -2.39. The Morgan fingerprint density at radius 2 is 1.18 bits per heavy atom. The van der Waals surface area contributed by atoms with Crippen molar-refractivity contribution in [2.45, 2.75) is 142 Å². The second-order valence-electron chi connectivity index (χ2n) is 20.5. The molecule has 0 saturated heterocycles. The van der Waals surface area contributed by atoms with Crippen molar-refractivity contribution in [3.8, 4) is 0 Å². The van der Waals surface area contributed by atoms with Crippen molar-refractivity contribution in [1.82, 2.24) is 20.7 Å². The van der Waals surface area contributed by atoms with Gasteiger partial charge in [0.2, 0.25) is 0 Å². The Morgan fingerprint density at radius 1 is 0.689 bits per heavy atom. The number of fused-ring (bicyclic) bond motifs is 2. The zero-order valence-corrected chi connectivity index (χ0v) is 48.5. The molecule has 0 saturated carbocycles. The Kier molecular flexibility index (Phi) is 27.8. The number of carbonyl (C=O) groups excluding carboxylic acids is 4. The average Bonchev–Trinajstić information content (AvgIpc) is 3.90. The summed E-state index contributed by atoms with van der Waals surface area (Å²) in [6, 6.07) is 19.3. The number of rotatable bonds is 13. The quantitative estimate of drug-likeness (QED) is 0.0334. The molecule has 0 aliphatic carbocycles. The van der Waals surface area contributed by atoms with Gasteiger partial charge in [0.15, 0.2) is 5.78 Å². The van der Waals surface area contributed by atoms with E-state index in [1.807, 2.05) is 79.7 Å². The van der Waals surface area contributed by atoms with E-state index in [9.17, 15) is 29.2 Å². The SMILES string of the molecule is CCC(N(NC(=O)c1ccc2c(c1F)B(O)OC2)C(=O)c1cc(C)cc(C)c1)C(C)(C)C.CCC(NCC(=O)c1ccc2c(c1)B(O)OC2)C(C)(C)C.CCN(CC)CC.Cc1cc(C)cc(C(=O)Cl)c1.ClCCl. The Balaban J connectivity index is 0.000000379. The van der Waals surface area contributed by atoms with Crippen LogP contribution in [0.25, 0.3) is 0 Å². The minimum absolute atomic E-state index is 0.0345. The highest BCUT2D eigenvalue weighted by atomic mass is 35.5. The molecule has 6 rings (SSSR count). The van der Waals surface area contributed by atoms with Crippen molar-refractivity contribution in [3.05, 3.63) is 128 Å². The number of benzene rings is 4. The maximum Gasteiger partial charge on any atom is 0.494 e. The summed E-state index contributed by atoms with van der Waals surface area (Å²) in [6.45, 7) is 35.1. The molecule has 2 aliphatic heterocycles. The van der Waals surface area contributed by atoms with E-state index in [-0.39, 0.29) is 51.5 Å². The monoisotopic (exact) mass is 1080 g/mol. The van der Waals surface area contributed by atoms with Crippen LogP contribution in [0.15, 0.2) is 66.7 Å². The first kappa shape index (κ1) is 66.0. The van der Waals surface area contributed by atoms with Gasteiger partial charge < -0.3 is 29.6 Å². The molecule has 2 atom stereocenters. The second-order valence-corrected chi connectivity index (χ2v) is 21.7. The zero-order chi connectivity index (χ0) is 56.2. The lowest BCUT2D eigenvalue weighted by molar-refractivity contribution is 0.0283. The average molecular weight is 1080 g/mol. The van der Waals surface area contributed by atoms with E-state index >= 15 is 4.39 Å². The minimum atomic E-state index is -1.41. The molecule has 4 aromatic rings. The molecule has 4 N–H and O–H groups in total. The summed E-state index contributed by atoms with van der Waals surface area (Å²) in [5, 5.41) is 24.1. The van der Waals surface area contributed by atoms with Crippen LogP contribution in [-0.4, -0.2) is 101 Å². The Labute approximate surface area is 456 Å². The van der Waals surface area contributed by atoms with Gasteiger partial charge in [-0.1, -0.05) is 135 Å². The van der Waals surface area contributed by atoms with Gasteiger partial charge in [-0.15, -0.1) is 23.2 Å². The van der Waals surface area contributed by atoms with Crippen LogP contribution >= 0.6 is 34.8 Å². The molecular weight excluding hydrogens is 1000 g/mol. The number of Topliss-reactive ketones (excluding diaryl/α,β-unsaturated/α-hetero) is 1. The molecule has 0 radical (unpaired) electrons. The predicted molar refractivity (Wildman–Crippen MR) is 303 cm³/mol. The van der Waals surface area contributed by atoms with Crippen LogP contribution in [-0.2, 0) is 22.5 Å². The van der Waals surface area contributed by atoms with Crippen molar-refractivity contribution in [1.29, 1.82) is 0 Å². The van der Waals surface area contributed by atoms with E-state index in [0.717, 1.165) is 34.2 Å². The van der Waals surface area contributed by atoms with Crippen LogP contribution < -0.4 is 21.7 Å². The van der Waals surface area contributed by atoms with E-state index in [4.69, 9.17) is 44.1 Å². The first-order valence-corrected chi connectivity index (χ1v) is 26.7. The molecule has 0 spiro atoms. The van der Waals surface area contributed by atoms with Crippen molar-refractivity contribution < 1.29 is 42.9 Å². The molecule has 0 aromatic heterocycles. The molecular formula is C56H80B2Cl3FN4O8. The van der Waals surface area contributed by atoms with Crippen molar-refractivity contribution in [2.75, 3.05) is 31.5 Å².